The molecule has 0 N–H and O–H groups in total. The van der Waals surface area contributed by atoms with Crippen molar-refractivity contribution in [3.8, 4) is 5.69 Å². The van der Waals surface area contributed by atoms with Crippen LogP contribution in [0.5, 0.6) is 0 Å². The second-order valence-corrected chi connectivity index (χ2v) is 9.76. The second kappa shape index (κ2) is 8.46. The van der Waals surface area contributed by atoms with Gasteiger partial charge in [0.15, 0.2) is 5.16 Å². The van der Waals surface area contributed by atoms with Gasteiger partial charge in [0.2, 0.25) is 5.78 Å². The molecule has 0 spiro atoms. The van der Waals surface area contributed by atoms with Crippen LogP contribution in [0.15, 0.2) is 81.5 Å². The summed E-state index contributed by atoms with van der Waals surface area (Å²) in [6.45, 7) is 3.97. The molecule has 3 aromatic carbocycles. The van der Waals surface area contributed by atoms with Crippen LogP contribution in [0.3, 0.4) is 0 Å². The first-order valence-corrected chi connectivity index (χ1v) is 12.5. The van der Waals surface area contributed by atoms with E-state index in [2.05, 4.69) is 10.2 Å². The van der Waals surface area contributed by atoms with Gasteiger partial charge in [-0.15, -0.1) is 10.2 Å². The Kier molecular flexibility index (Phi) is 5.22. The number of rotatable bonds is 4. The number of hydrogen-bond donors (Lipinski definition) is 0. The maximum atomic E-state index is 13.5. The van der Waals surface area contributed by atoms with E-state index in [9.17, 15) is 9.59 Å². The molecule has 0 aliphatic rings. The number of para-hydroxylation sites is 1. The molecule has 0 radical (unpaired) electrons. The molecule has 0 saturated heterocycles. The van der Waals surface area contributed by atoms with Gasteiger partial charge in [-0.3, -0.25) is 23.1 Å². The van der Waals surface area contributed by atoms with Crippen molar-refractivity contribution in [2.24, 2.45) is 7.05 Å². The van der Waals surface area contributed by atoms with E-state index >= 15 is 0 Å². The Labute approximate surface area is 209 Å². The number of thioether (sulfide) groups is 1. The summed E-state index contributed by atoms with van der Waals surface area (Å²) in [6.07, 6.45) is 0. The fourth-order valence-corrected chi connectivity index (χ4v) is 5.34. The van der Waals surface area contributed by atoms with Gasteiger partial charge in [0, 0.05) is 7.05 Å². The fourth-order valence-electron chi connectivity index (χ4n) is 4.41. The monoisotopic (exact) mass is 494 g/mol. The van der Waals surface area contributed by atoms with Crippen LogP contribution in [0.25, 0.3) is 33.3 Å². The van der Waals surface area contributed by atoms with E-state index in [4.69, 9.17) is 4.98 Å². The van der Waals surface area contributed by atoms with Gasteiger partial charge in [-0.2, -0.15) is 0 Å². The molecule has 0 bridgehead atoms. The van der Waals surface area contributed by atoms with E-state index in [1.165, 1.54) is 16.3 Å². The highest BCUT2D eigenvalue weighted by Gasteiger charge is 2.18. The van der Waals surface area contributed by atoms with Crippen LogP contribution in [0.2, 0.25) is 0 Å². The summed E-state index contributed by atoms with van der Waals surface area (Å²) in [5.41, 5.74) is 4.02. The quantitative estimate of drug-likeness (QED) is 0.270. The second-order valence-electron chi connectivity index (χ2n) is 8.81. The lowest BCUT2D eigenvalue weighted by Gasteiger charge is -2.13. The van der Waals surface area contributed by atoms with E-state index in [1.54, 1.807) is 17.7 Å². The van der Waals surface area contributed by atoms with Crippen LogP contribution in [0.4, 0.5) is 0 Å². The highest BCUT2D eigenvalue weighted by Crippen LogP contribution is 2.26. The summed E-state index contributed by atoms with van der Waals surface area (Å²) < 4.78 is 5.06. The van der Waals surface area contributed by atoms with Gasteiger partial charge in [0.25, 0.3) is 11.1 Å². The van der Waals surface area contributed by atoms with Crippen molar-refractivity contribution in [1.82, 2.24) is 28.7 Å². The average molecular weight is 495 g/mol. The molecule has 6 rings (SSSR count). The summed E-state index contributed by atoms with van der Waals surface area (Å²) in [6, 6.07) is 20.9. The maximum Gasteiger partial charge on any atom is 0.266 e. The van der Waals surface area contributed by atoms with Gasteiger partial charge in [0.1, 0.15) is 5.82 Å². The lowest BCUT2D eigenvalue weighted by molar-refractivity contribution is 0.817. The Bertz CT molecular complexity index is 1920. The number of nitrogens with zero attached hydrogens (tertiary/aromatic N) is 6. The van der Waals surface area contributed by atoms with E-state index < -0.39 is 0 Å². The summed E-state index contributed by atoms with van der Waals surface area (Å²) >= 11 is 1.41. The molecule has 0 aliphatic carbocycles. The molecule has 0 aliphatic heterocycles. The van der Waals surface area contributed by atoms with Crippen LogP contribution in [-0.2, 0) is 12.8 Å². The first-order valence-electron chi connectivity index (χ1n) is 11.5. The van der Waals surface area contributed by atoms with E-state index in [0.717, 1.165) is 22.3 Å². The van der Waals surface area contributed by atoms with Crippen molar-refractivity contribution in [3.05, 3.63) is 104 Å². The number of hydrogen-bond acceptors (Lipinski definition) is 6. The predicted octanol–water partition coefficient (Wildman–Crippen LogP) is 4.19. The molecule has 0 amide bonds. The molecule has 3 aromatic heterocycles. The molecule has 36 heavy (non-hydrogen) atoms. The largest absolute Gasteiger partial charge is 0.279 e. The Balaban J connectivity index is 1.51. The summed E-state index contributed by atoms with van der Waals surface area (Å²) in [7, 11) is 1.70. The lowest BCUT2D eigenvalue weighted by Crippen LogP contribution is -2.22. The SMILES string of the molecule is Cc1ccc(-n2c(SCc3nnc4n(C)c(=O)c5cc(C)ccc5n34)nc3ccccc3c2=O)cc1. The van der Waals surface area contributed by atoms with Crippen molar-refractivity contribution < 1.29 is 0 Å². The van der Waals surface area contributed by atoms with Gasteiger partial charge in [-0.25, -0.2) is 4.98 Å². The van der Waals surface area contributed by atoms with Crippen LogP contribution >= 0.6 is 11.8 Å². The molecular formula is C27H22N6O2S. The minimum absolute atomic E-state index is 0.114. The lowest BCUT2D eigenvalue weighted by atomic mass is 10.1. The van der Waals surface area contributed by atoms with Crippen LogP contribution in [-0.4, -0.2) is 28.7 Å². The molecule has 0 saturated carbocycles. The standard InChI is InChI=1S/C27H22N6O2S/c1-16-8-11-18(12-9-16)32-25(35)19-6-4-5-7-21(19)28-27(32)36-15-23-29-30-26-31(3)24(34)20-14-17(2)10-13-22(20)33(23)26/h4-14H,15H2,1-3H3. The van der Waals surface area contributed by atoms with Crippen LogP contribution in [0.1, 0.15) is 17.0 Å². The fraction of sp³-hybridized carbons (Fsp3) is 0.148. The number of benzene rings is 3. The third kappa shape index (κ3) is 3.51. The van der Waals surface area contributed by atoms with Crippen LogP contribution in [0, 0.1) is 13.8 Å². The van der Waals surface area contributed by atoms with Gasteiger partial charge in [0.05, 0.1) is 33.2 Å². The molecule has 3 heterocycles. The van der Waals surface area contributed by atoms with Crippen molar-refractivity contribution in [2.45, 2.75) is 24.8 Å². The van der Waals surface area contributed by atoms with Crippen LogP contribution < -0.4 is 11.1 Å². The molecule has 0 unspecified atom stereocenters. The zero-order valence-corrected chi connectivity index (χ0v) is 20.8. The third-order valence-corrected chi connectivity index (χ3v) is 7.24. The Hall–Kier alpha value is -4.24. The third-order valence-electron chi connectivity index (χ3n) is 6.31. The smallest absolute Gasteiger partial charge is 0.266 e. The Morgan fingerprint density at radius 1 is 0.833 bits per heavy atom. The summed E-state index contributed by atoms with van der Waals surface area (Å²) in [5, 5.41) is 10.4. The highest BCUT2D eigenvalue weighted by atomic mass is 32.2. The Morgan fingerprint density at radius 3 is 2.39 bits per heavy atom. The van der Waals surface area contributed by atoms with Crippen molar-refractivity contribution in [1.29, 1.82) is 0 Å². The van der Waals surface area contributed by atoms with E-state index in [-0.39, 0.29) is 11.1 Å². The van der Waals surface area contributed by atoms with Gasteiger partial charge >= 0.3 is 0 Å². The molecule has 0 atom stereocenters. The highest BCUT2D eigenvalue weighted by molar-refractivity contribution is 7.98. The zero-order chi connectivity index (χ0) is 25.0. The molecule has 9 heteroatoms. The number of aryl methyl sites for hydroxylation is 3. The Morgan fingerprint density at radius 2 is 1.58 bits per heavy atom. The molecule has 0 fully saturated rings. The van der Waals surface area contributed by atoms with Crippen molar-refractivity contribution in [2.75, 3.05) is 0 Å². The number of fused-ring (bicyclic) bond motifs is 4. The minimum Gasteiger partial charge on any atom is -0.279 e. The average Bonchev–Trinajstić information content (AvgIpc) is 3.31. The van der Waals surface area contributed by atoms with Gasteiger partial charge in [-0.1, -0.05) is 53.2 Å². The van der Waals surface area contributed by atoms with E-state index in [1.807, 2.05) is 78.9 Å². The predicted molar refractivity (Wildman–Crippen MR) is 142 cm³/mol. The number of aromatic nitrogens is 6. The van der Waals surface area contributed by atoms with E-state index in [0.29, 0.717) is 38.8 Å². The molecule has 178 valence electrons. The topological polar surface area (TPSA) is 87.1 Å². The maximum absolute atomic E-state index is 13.5. The van der Waals surface area contributed by atoms with Gasteiger partial charge in [-0.05, 0) is 50.2 Å². The molecule has 8 nitrogen and oxygen atoms in total. The minimum atomic E-state index is -0.124. The first-order chi connectivity index (χ1) is 17.4. The summed E-state index contributed by atoms with van der Waals surface area (Å²) in [4.78, 5) is 31.3. The van der Waals surface area contributed by atoms with Crippen molar-refractivity contribution >= 4 is 39.3 Å². The summed E-state index contributed by atoms with van der Waals surface area (Å²) in [5.74, 6) is 1.53. The van der Waals surface area contributed by atoms with Gasteiger partial charge < -0.3 is 0 Å². The zero-order valence-electron chi connectivity index (χ0n) is 20.0. The molecule has 6 aromatic rings. The molecular weight excluding hydrogens is 472 g/mol. The first kappa shape index (κ1) is 22.2. The van der Waals surface area contributed by atoms with Crippen molar-refractivity contribution in [3.63, 3.8) is 0 Å². The normalized spacial score (nSPS) is 11.6.